The molecule has 0 fully saturated rings. The second kappa shape index (κ2) is 6.83. The lowest BCUT2D eigenvalue weighted by Gasteiger charge is -2.22. The quantitative estimate of drug-likeness (QED) is 0.773. The Kier molecular flexibility index (Phi) is 5.42. The van der Waals surface area contributed by atoms with Gasteiger partial charge in [0.15, 0.2) is 0 Å². The van der Waals surface area contributed by atoms with E-state index in [4.69, 9.17) is 5.73 Å². The maximum Gasteiger partial charge on any atom is 0.312 e. The van der Waals surface area contributed by atoms with Crippen molar-refractivity contribution in [3.63, 3.8) is 0 Å². The van der Waals surface area contributed by atoms with Gasteiger partial charge in [0.05, 0.1) is 5.69 Å². The molecule has 0 saturated heterocycles. The molecule has 3 amide bonds. The van der Waals surface area contributed by atoms with Gasteiger partial charge in [-0.2, -0.15) is 0 Å². The predicted octanol–water partition coefficient (Wildman–Crippen LogP) is 1.99. The fourth-order valence-electron chi connectivity index (χ4n) is 1.66. The molecule has 1 aromatic rings. The smallest absolute Gasteiger partial charge is 0.312 e. The number of carbonyl (C=O) groups excluding carboxylic acids is 2. The second-order valence-corrected chi connectivity index (χ2v) is 4.49. The van der Waals surface area contributed by atoms with Crippen LogP contribution in [-0.4, -0.2) is 18.0 Å². The molecule has 0 saturated carbocycles. The number of hydrogen-bond acceptors (Lipinski definition) is 2. The summed E-state index contributed by atoms with van der Waals surface area (Å²) in [6, 6.07) is 1.07. The maximum absolute atomic E-state index is 13.5. The van der Waals surface area contributed by atoms with E-state index < -0.39 is 29.6 Å². The van der Waals surface area contributed by atoms with Crippen molar-refractivity contribution in [3.8, 4) is 0 Å². The van der Waals surface area contributed by atoms with Crippen LogP contribution >= 0.6 is 0 Å². The Morgan fingerprint density at radius 1 is 1.35 bits per heavy atom. The van der Waals surface area contributed by atoms with E-state index in [1.54, 1.807) is 6.92 Å². The third kappa shape index (κ3) is 4.18. The van der Waals surface area contributed by atoms with E-state index in [0.717, 1.165) is 12.1 Å². The average molecular weight is 285 g/mol. The van der Waals surface area contributed by atoms with Crippen molar-refractivity contribution >= 4 is 17.6 Å². The summed E-state index contributed by atoms with van der Waals surface area (Å²) in [5, 5.41) is 4.62. The van der Waals surface area contributed by atoms with E-state index in [2.05, 4.69) is 10.6 Å². The number of carbonyl (C=O) groups is 2. The largest absolute Gasteiger partial charge is 0.352 e. The molecular formula is C13H17F2N3O2. The van der Waals surface area contributed by atoms with Crippen molar-refractivity contribution in [2.75, 3.05) is 5.32 Å². The van der Waals surface area contributed by atoms with E-state index in [1.807, 2.05) is 6.92 Å². The Morgan fingerprint density at radius 2 is 2.00 bits per heavy atom. The average Bonchev–Trinajstić information content (AvgIpc) is 2.38. The molecule has 110 valence electrons. The second-order valence-electron chi connectivity index (χ2n) is 4.49. The minimum absolute atomic E-state index is 0.157. The molecule has 20 heavy (non-hydrogen) atoms. The molecule has 0 aromatic heterocycles. The number of halogens is 2. The summed E-state index contributed by atoms with van der Waals surface area (Å²) in [6.07, 6.45) is 0.615. The summed E-state index contributed by atoms with van der Waals surface area (Å²) < 4.78 is 26.2. The van der Waals surface area contributed by atoms with Crippen LogP contribution in [0.15, 0.2) is 18.2 Å². The topological polar surface area (TPSA) is 84.2 Å². The summed E-state index contributed by atoms with van der Waals surface area (Å²) in [4.78, 5) is 22.9. The standard InChI is InChI=1S/C13H17F2N3O2/c1-3-7(2)11(18-13(16)20)12(19)17-10-5-4-8(14)6-9(10)15/h4-7,11H,3H2,1-2H3,(H,17,19)(H3,16,18,20). The molecule has 0 heterocycles. The first-order valence-corrected chi connectivity index (χ1v) is 6.17. The molecule has 7 heteroatoms. The van der Waals surface area contributed by atoms with Crippen LogP contribution in [0.25, 0.3) is 0 Å². The third-order valence-electron chi connectivity index (χ3n) is 2.98. The number of rotatable bonds is 5. The summed E-state index contributed by atoms with van der Waals surface area (Å²) in [5.74, 6) is -2.43. The fourth-order valence-corrected chi connectivity index (χ4v) is 1.66. The van der Waals surface area contributed by atoms with Crippen LogP contribution < -0.4 is 16.4 Å². The Labute approximate surface area is 115 Å². The third-order valence-corrected chi connectivity index (χ3v) is 2.98. The van der Waals surface area contributed by atoms with Gasteiger partial charge in [-0.1, -0.05) is 20.3 Å². The lowest BCUT2D eigenvalue weighted by atomic mass is 9.98. The number of benzene rings is 1. The van der Waals surface area contributed by atoms with Crippen molar-refractivity contribution < 1.29 is 18.4 Å². The van der Waals surface area contributed by atoms with Gasteiger partial charge in [-0.05, 0) is 18.1 Å². The Hall–Kier alpha value is -2.18. The van der Waals surface area contributed by atoms with Gasteiger partial charge in [0.25, 0.3) is 0 Å². The van der Waals surface area contributed by atoms with Gasteiger partial charge in [0.2, 0.25) is 5.91 Å². The fraction of sp³-hybridized carbons (Fsp3) is 0.385. The van der Waals surface area contributed by atoms with Crippen LogP contribution in [0.4, 0.5) is 19.3 Å². The van der Waals surface area contributed by atoms with Crippen molar-refractivity contribution in [1.82, 2.24) is 5.32 Å². The number of nitrogens with one attached hydrogen (secondary N) is 2. The van der Waals surface area contributed by atoms with Gasteiger partial charge in [-0.15, -0.1) is 0 Å². The zero-order chi connectivity index (χ0) is 15.3. The van der Waals surface area contributed by atoms with Crippen LogP contribution in [0.5, 0.6) is 0 Å². The molecule has 0 bridgehead atoms. The van der Waals surface area contributed by atoms with Crippen molar-refractivity contribution in [2.45, 2.75) is 26.3 Å². The molecule has 1 aromatic carbocycles. The predicted molar refractivity (Wildman–Crippen MR) is 70.9 cm³/mol. The summed E-state index contributed by atoms with van der Waals surface area (Å²) in [7, 11) is 0. The molecule has 0 spiro atoms. The molecule has 0 aliphatic rings. The number of amides is 3. The first-order chi connectivity index (χ1) is 9.35. The SMILES string of the molecule is CCC(C)C(NC(N)=O)C(=O)Nc1ccc(F)cc1F. The minimum atomic E-state index is -0.889. The van der Waals surface area contributed by atoms with Gasteiger partial charge in [-0.25, -0.2) is 13.6 Å². The maximum atomic E-state index is 13.5. The van der Waals surface area contributed by atoms with Crippen molar-refractivity contribution in [2.24, 2.45) is 11.7 Å². The lowest BCUT2D eigenvalue weighted by Crippen LogP contribution is -2.49. The van der Waals surface area contributed by atoms with E-state index in [1.165, 1.54) is 0 Å². The summed E-state index contributed by atoms with van der Waals surface area (Å²) >= 11 is 0. The number of hydrogen-bond donors (Lipinski definition) is 3. The van der Waals surface area contributed by atoms with Gasteiger partial charge in [0.1, 0.15) is 17.7 Å². The Balaban J connectivity index is 2.87. The highest BCUT2D eigenvalue weighted by atomic mass is 19.1. The monoisotopic (exact) mass is 285 g/mol. The van der Waals surface area contributed by atoms with Gasteiger partial charge in [-0.3, -0.25) is 4.79 Å². The zero-order valence-corrected chi connectivity index (χ0v) is 11.2. The van der Waals surface area contributed by atoms with E-state index in [-0.39, 0.29) is 11.6 Å². The molecule has 0 aliphatic heterocycles. The molecule has 2 atom stereocenters. The highest BCUT2D eigenvalue weighted by Crippen LogP contribution is 2.17. The molecule has 0 radical (unpaired) electrons. The molecular weight excluding hydrogens is 268 g/mol. The minimum Gasteiger partial charge on any atom is -0.352 e. The molecule has 1 rings (SSSR count). The summed E-state index contributed by atoms with van der Waals surface area (Å²) in [6.45, 7) is 3.59. The van der Waals surface area contributed by atoms with Crippen molar-refractivity contribution in [1.29, 1.82) is 0 Å². The van der Waals surface area contributed by atoms with Crippen LogP contribution in [0.3, 0.4) is 0 Å². The number of urea groups is 1. The molecule has 0 aliphatic carbocycles. The first-order valence-electron chi connectivity index (χ1n) is 6.17. The van der Waals surface area contributed by atoms with E-state index in [0.29, 0.717) is 12.5 Å². The van der Waals surface area contributed by atoms with Gasteiger partial charge >= 0.3 is 6.03 Å². The Morgan fingerprint density at radius 3 is 2.50 bits per heavy atom. The van der Waals surface area contributed by atoms with Crippen LogP contribution in [0.1, 0.15) is 20.3 Å². The van der Waals surface area contributed by atoms with E-state index >= 15 is 0 Å². The number of nitrogens with two attached hydrogens (primary N) is 1. The molecule has 2 unspecified atom stereocenters. The van der Waals surface area contributed by atoms with E-state index in [9.17, 15) is 18.4 Å². The molecule has 5 nitrogen and oxygen atoms in total. The van der Waals surface area contributed by atoms with Crippen molar-refractivity contribution in [3.05, 3.63) is 29.8 Å². The van der Waals surface area contributed by atoms with Crippen LogP contribution in [0.2, 0.25) is 0 Å². The number of anilines is 1. The number of primary amides is 1. The first kappa shape index (κ1) is 15.9. The highest BCUT2D eigenvalue weighted by Gasteiger charge is 2.25. The van der Waals surface area contributed by atoms with Gasteiger partial charge < -0.3 is 16.4 Å². The summed E-state index contributed by atoms with van der Waals surface area (Å²) in [5.41, 5.74) is 4.86. The zero-order valence-electron chi connectivity index (χ0n) is 11.2. The molecule has 4 N–H and O–H groups in total. The Bertz CT molecular complexity index is 508. The van der Waals surface area contributed by atoms with Gasteiger partial charge in [0, 0.05) is 6.07 Å². The highest BCUT2D eigenvalue weighted by molar-refractivity contribution is 5.97. The lowest BCUT2D eigenvalue weighted by molar-refractivity contribution is -0.119. The van der Waals surface area contributed by atoms with Crippen LogP contribution in [-0.2, 0) is 4.79 Å². The van der Waals surface area contributed by atoms with Crippen LogP contribution in [0, 0.1) is 17.6 Å². The normalized spacial score (nSPS) is 13.4.